The van der Waals surface area contributed by atoms with E-state index in [9.17, 15) is 14.0 Å². The highest BCUT2D eigenvalue weighted by atomic mass is 32.2. The summed E-state index contributed by atoms with van der Waals surface area (Å²) in [5.41, 5.74) is 0.478. The summed E-state index contributed by atoms with van der Waals surface area (Å²) in [4.78, 5) is 22.0. The molecule has 0 bridgehead atoms. The lowest BCUT2D eigenvalue weighted by Crippen LogP contribution is -2.16. The molecule has 0 saturated carbocycles. The molecule has 1 heterocycles. The van der Waals surface area contributed by atoms with Crippen LogP contribution >= 0.6 is 11.8 Å². The van der Waals surface area contributed by atoms with Gasteiger partial charge in [0.1, 0.15) is 11.5 Å². The third-order valence-corrected chi connectivity index (χ3v) is 3.46. The number of halogens is 1. The predicted molar refractivity (Wildman–Crippen MR) is 77.4 cm³/mol. The van der Waals surface area contributed by atoms with Gasteiger partial charge in [0.2, 0.25) is 5.91 Å². The zero-order valence-electron chi connectivity index (χ0n) is 11.5. The molecular weight excluding hydrogens is 313 g/mol. The molecule has 0 aliphatic rings. The SMILES string of the molecule is Cc1nnnn1-c1cc(NC(=O)CSCC(=O)O)ccc1F. The fourth-order valence-corrected chi connectivity index (χ4v) is 2.17. The van der Waals surface area contributed by atoms with Crippen LogP contribution in [0.25, 0.3) is 5.69 Å². The van der Waals surface area contributed by atoms with Gasteiger partial charge in [-0.3, -0.25) is 9.59 Å². The highest BCUT2D eigenvalue weighted by Crippen LogP contribution is 2.19. The number of carboxylic acid groups (broad SMARTS) is 1. The van der Waals surface area contributed by atoms with E-state index in [2.05, 4.69) is 20.8 Å². The number of rotatable bonds is 6. The number of hydrogen-bond acceptors (Lipinski definition) is 6. The maximum Gasteiger partial charge on any atom is 0.313 e. The number of benzene rings is 1. The highest BCUT2D eigenvalue weighted by Gasteiger charge is 2.12. The Bertz CT molecular complexity index is 706. The van der Waals surface area contributed by atoms with Crippen molar-refractivity contribution in [3.8, 4) is 5.69 Å². The molecule has 2 rings (SSSR count). The normalized spacial score (nSPS) is 10.5. The van der Waals surface area contributed by atoms with E-state index in [-0.39, 0.29) is 23.1 Å². The zero-order chi connectivity index (χ0) is 16.1. The summed E-state index contributed by atoms with van der Waals surface area (Å²) >= 11 is 0.973. The van der Waals surface area contributed by atoms with Crippen molar-refractivity contribution < 1.29 is 19.1 Å². The maximum absolute atomic E-state index is 13.8. The molecule has 0 atom stereocenters. The highest BCUT2D eigenvalue weighted by molar-refractivity contribution is 8.00. The van der Waals surface area contributed by atoms with Gasteiger partial charge in [0.25, 0.3) is 0 Å². The minimum Gasteiger partial charge on any atom is -0.481 e. The van der Waals surface area contributed by atoms with Crippen molar-refractivity contribution >= 4 is 29.3 Å². The van der Waals surface area contributed by atoms with Crippen molar-refractivity contribution in [1.82, 2.24) is 20.2 Å². The van der Waals surface area contributed by atoms with Crippen LogP contribution in [0.15, 0.2) is 18.2 Å². The number of carbonyl (C=O) groups excluding carboxylic acids is 1. The zero-order valence-corrected chi connectivity index (χ0v) is 12.3. The predicted octanol–water partition coefficient (Wildman–Crippen LogP) is 0.866. The number of amides is 1. The first-order chi connectivity index (χ1) is 10.5. The molecule has 0 radical (unpaired) electrons. The van der Waals surface area contributed by atoms with Gasteiger partial charge in [-0.1, -0.05) is 0 Å². The Balaban J connectivity index is 2.08. The van der Waals surface area contributed by atoms with Crippen LogP contribution in [0.2, 0.25) is 0 Å². The van der Waals surface area contributed by atoms with E-state index in [1.54, 1.807) is 6.92 Å². The molecule has 116 valence electrons. The molecule has 0 unspecified atom stereocenters. The van der Waals surface area contributed by atoms with Crippen LogP contribution in [0.4, 0.5) is 10.1 Å². The van der Waals surface area contributed by atoms with Crippen molar-refractivity contribution in [3.63, 3.8) is 0 Å². The molecule has 1 amide bonds. The molecule has 2 aromatic rings. The molecule has 0 fully saturated rings. The number of anilines is 1. The smallest absolute Gasteiger partial charge is 0.313 e. The number of nitrogens with zero attached hydrogens (tertiary/aromatic N) is 4. The summed E-state index contributed by atoms with van der Waals surface area (Å²) in [7, 11) is 0. The van der Waals surface area contributed by atoms with E-state index in [0.717, 1.165) is 11.8 Å². The Hall–Kier alpha value is -2.49. The first kappa shape index (κ1) is 15.9. The minimum atomic E-state index is -0.990. The average molecular weight is 325 g/mol. The first-order valence-electron chi connectivity index (χ1n) is 6.11. The maximum atomic E-state index is 13.8. The van der Waals surface area contributed by atoms with E-state index < -0.39 is 11.8 Å². The van der Waals surface area contributed by atoms with Crippen LogP contribution in [0, 0.1) is 12.7 Å². The Morgan fingerprint density at radius 3 is 2.82 bits per heavy atom. The second-order valence-electron chi connectivity index (χ2n) is 4.24. The molecule has 1 aromatic heterocycles. The van der Waals surface area contributed by atoms with Crippen LogP contribution < -0.4 is 5.32 Å². The second-order valence-corrected chi connectivity index (χ2v) is 5.22. The summed E-state index contributed by atoms with van der Waals surface area (Å²) in [5.74, 6) is -1.67. The van der Waals surface area contributed by atoms with E-state index in [1.165, 1.54) is 22.9 Å². The van der Waals surface area contributed by atoms with Crippen molar-refractivity contribution in [1.29, 1.82) is 0 Å². The van der Waals surface area contributed by atoms with Crippen LogP contribution in [0.3, 0.4) is 0 Å². The molecular formula is C12H12FN5O3S. The fourth-order valence-electron chi connectivity index (χ4n) is 1.64. The Kier molecular flexibility index (Phi) is 5.04. The van der Waals surface area contributed by atoms with Crippen molar-refractivity contribution in [3.05, 3.63) is 29.8 Å². The minimum absolute atomic E-state index is 0.0110. The molecule has 0 spiro atoms. The topological polar surface area (TPSA) is 110 Å². The number of carboxylic acids is 1. The largest absolute Gasteiger partial charge is 0.481 e. The Labute approximate surface area is 128 Å². The van der Waals surface area contributed by atoms with Crippen LogP contribution in [0.1, 0.15) is 5.82 Å². The average Bonchev–Trinajstić information content (AvgIpc) is 2.86. The number of hydrogen-bond donors (Lipinski definition) is 2. The van der Waals surface area contributed by atoms with Crippen LogP contribution in [0.5, 0.6) is 0 Å². The Morgan fingerprint density at radius 1 is 1.41 bits per heavy atom. The first-order valence-corrected chi connectivity index (χ1v) is 7.27. The van der Waals surface area contributed by atoms with Gasteiger partial charge in [0, 0.05) is 5.69 Å². The van der Waals surface area contributed by atoms with Gasteiger partial charge in [0.15, 0.2) is 5.82 Å². The third-order valence-electron chi connectivity index (χ3n) is 2.54. The summed E-state index contributed by atoms with van der Waals surface area (Å²) < 4.78 is 15.1. The molecule has 0 saturated heterocycles. The Morgan fingerprint density at radius 2 is 2.18 bits per heavy atom. The lowest BCUT2D eigenvalue weighted by Gasteiger charge is -2.08. The van der Waals surface area contributed by atoms with Gasteiger partial charge in [-0.05, 0) is 35.5 Å². The summed E-state index contributed by atoms with van der Waals surface area (Å²) in [6.45, 7) is 1.62. The van der Waals surface area contributed by atoms with Gasteiger partial charge in [-0.15, -0.1) is 16.9 Å². The van der Waals surface area contributed by atoms with E-state index in [1.807, 2.05) is 0 Å². The van der Waals surface area contributed by atoms with Gasteiger partial charge in [-0.25, -0.2) is 4.39 Å². The molecule has 2 N–H and O–H groups in total. The van der Waals surface area contributed by atoms with Gasteiger partial charge in [-0.2, -0.15) is 4.68 Å². The van der Waals surface area contributed by atoms with Gasteiger partial charge < -0.3 is 10.4 Å². The fraction of sp³-hybridized carbons (Fsp3) is 0.250. The number of aryl methyl sites for hydroxylation is 1. The number of aliphatic carboxylic acids is 1. The monoisotopic (exact) mass is 325 g/mol. The molecule has 0 aliphatic carbocycles. The van der Waals surface area contributed by atoms with E-state index in [0.29, 0.717) is 11.5 Å². The van der Waals surface area contributed by atoms with Crippen molar-refractivity contribution in [2.24, 2.45) is 0 Å². The van der Waals surface area contributed by atoms with Gasteiger partial charge >= 0.3 is 5.97 Å². The summed E-state index contributed by atoms with van der Waals surface area (Å²) in [6, 6.07) is 3.99. The quantitative estimate of drug-likeness (QED) is 0.810. The lowest BCUT2D eigenvalue weighted by atomic mass is 10.2. The molecule has 10 heteroatoms. The molecule has 0 aliphatic heterocycles. The molecule has 22 heavy (non-hydrogen) atoms. The standard InChI is InChI=1S/C12H12FN5O3S/c1-7-15-16-17-18(7)10-4-8(2-3-9(10)13)14-11(19)5-22-6-12(20)21/h2-4H,5-6H2,1H3,(H,14,19)(H,20,21). The van der Waals surface area contributed by atoms with Gasteiger partial charge in [0.05, 0.1) is 11.5 Å². The summed E-state index contributed by atoms with van der Waals surface area (Å²) in [6.07, 6.45) is 0. The molecule has 8 nitrogen and oxygen atoms in total. The van der Waals surface area contributed by atoms with E-state index >= 15 is 0 Å². The van der Waals surface area contributed by atoms with Crippen LogP contribution in [-0.4, -0.2) is 48.7 Å². The van der Waals surface area contributed by atoms with Crippen molar-refractivity contribution in [2.45, 2.75) is 6.92 Å². The number of thioether (sulfide) groups is 1. The second kappa shape index (κ2) is 6.98. The van der Waals surface area contributed by atoms with E-state index in [4.69, 9.17) is 5.11 Å². The number of nitrogens with one attached hydrogen (secondary N) is 1. The third kappa shape index (κ3) is 4.01. The van der Waals surface area contributed by atoms with Crippen LogP contribution in [-0.2, 0) is 9.59 Å². The number of tetrazole rings is 1. The number of carbonyl (C=O) groups is 2. The lowest BCUT2D eigenvalue weighted by molar-refractivity contribution is -0.133. The van der Waals surface area contributed by atoms with Crippen molar-refractivity contribution in [2.75, 3.05) is 16.8 Å². The number of aromatic nitrogens is 4. The molecule has 1 aromatic carbocycles. The summed E-state index contributed by atoms with van der Waals surface area (Å²) in [5, 5.41) is 21.8.